The number of aldehydes is 1. The van der Waals surface area contributed by atoms with Crippen LogP contribution in [0, 0.1) is 5.92 Å². The minimum atomic E-state index is 0.187. The molecule has 1 saturated heterocycles. The van der Waals surface area contributed by atoms with Crippen LogP contribution in [0.5, 0.6) is 0 Å². The molecule has 0 saturated carbocycles. The Kier molecular flexibility index (Phi) is 11.0. The smallest absolute Gasteiger partial charge is 0.226 e. The lowest BCUT2D eigenvalue weighted by Crippen LogP contribution is -2.42. The molecule has 0 aromatic heterocycles. The van der Waals surface area contributed by atoms with Crippen molar-refractivity contribution in [2.24, 2.45) is 5.92 Å². The zero-order valence-corrected chi connectivity index (χ0v) is 13.4. The van der Waals surface area contributed by atoms with Crippen molar-refractivity contribution in [3.8, 4) is 0 Å². The summed E-state index contributed by atoms with van der Waals surface area (Å²) in [4.78, 5) is 24.6. The van der Waals surface area contributed by atoms with E-state index in [-0.39, 0.29) is 11.8 Å². The highest BCUT2D eigenvalue weighted by Crippen LogP contribution is 2.18. The van der Waals surface area contributed by atoms with E-state index in [0.717, 1.165) is 37.8 Å². The third-order valence-corrected chi connectivity index (χ3v) is 3.40. The largest absolute Gasteiger partial charge is 0.338 e. The van der Waals surface area contributed by atoms with E-state index in [1.807, 2.05) is 38.7 Å². The van der Waals surface area contributed by atoms with Gasteiger partial charge < -0.3 is 10.2 Å². The second kappa shape index (κ2) is 11.6. The number of carbonyl (C=O) groups is 2. The molecule has 0 radical (unpaired) electrons. The number of nitrogens with one attached hydrogen (secondary N) is 1. The molecule has 0 spiro atoms. The van der Waals surface area contributed by atoms with Gasteiger partial charge in [0.1, 0.15) is 6.29 Å². The lowest BCUT2D eigenvalue weighted by Gasteiger charge is -2.31. The van der Waals surface area contributed by atoms with Crippen LogP contribution in [0.4, 0.5) is 0 Å². The van der Waals surface area contributed by atoms with Crippen LogP contribution in [0.3, 0.4) is 0 Å². The summed E-state index contributed by atoms with van der Waals surface area (Å²) in [5.74, 6) is 0.454. The van der Waals surface area contributed by atoms with Crippen molar-refractivity contribution in [1.82, 2.24) is 10.2 Å². The summed E-state index contributed by atoms with van der Waals surface area (Å²) in [6, 6.07) is 0. The number of hydrogen-bond donors (Lipinski definition) is 1. The van der Waals surface area contributed by atoms with Gasteiger partial charge in [-0.15, -0.1) is 0 Å². The van der Waals surface area contributed by atoms with Gasteiger partial charge in [0.05, 0.1) is 0 Å². The van der Waals surface area contributed by atoms with Crippen LogP contribution >= 0.6 is 0 Å². The second-order valence-electron chi connectivity index (χ2n) is 4.46. The minimum Gasteiger partial charge on any atom is -0.338 e. The monoisotopic (exact) mass is 282 g/mol. The van der Waals surface area contributed by atoms with Crippen molar-refractivity contribution in [2.45, 2.75) is 47.0 Å². The van der Waals surface area contributed by atoms with Crippen LogP contribution in [0.25, 0.3) is 0 Å². The zero-order valence-electron chi connectivity index (χ0n) is 13.4. The van der Waals surface area contributed by atoms with Crippen molar-refractivity contribution in [3.63, 3.8) is 0 Å². The third kappa shape index (κ3) is 5.87. The highest BCUT2D eigenvalue weighted by Gasteiger charge is 2.26. The first-order chi connectivity index (χ1) is 9.81. The zero-order chi connectivity index (χ0) is 15.4. The number of rotatable bonds is 2. The summed E-state index contributed by atoms with van der Waals surface area (Å²) in [5, 5.41) is 3.26. The molecule has 2 rings (SSSR count). The van der Waals surface area contributed by atoms with Crippen molar-refractivity contribution in [1.29, 1.82) is 0 Å². The van der Waals surface area contributed by atoms with E-state index >= 15 is 0 Å². The maximum atomic E-state index is 12.1. The molecule has 4 heteroatoms. The highest BCUT2D eigenvalue weighted by molar-refractivity contribution is 5.80. The molecule has 20 heavy (non-hydrogen) atoms. The topological polar surface area (TPSA) is 49.4 Å². The van der Waals surface area contributed by atoms with Gasteiger partial charge in [0.15, 0.2) is 0 Å². The van der Waals surface area contributed by atoms with Gasteiger partial charge in [0.25, 0.3) is 0 Å². The molecule has 0 aliphatic carbocycles. The molecule has 0 bridgehead atoms. The molecular formula is C16H30N2O2. The Hall–Kier alpha value is -1.16. The molecule has 2 aliphatic heterocycles. The summed E-state index contributed by atoms with van der Waals surface area (Å²) in [7, 11) is 0. The number of nitrogens with zero attached hydrogens (tertiary/aromatic N) is 1. The predicted octanol–water partition coefficient (Wildman–Crippen LogP) is 2.40. The Morgan fingerprint density at radius 1 is 1.25 bits per heavy atom. The van der Waals surface area contributed by atoms with Gasteiger partial charge in [-0.3, -0.25) is 9.59 Å². The maximum absolute atomic E-state index is 12.1. The highest BCUT2D eigenvalue weighted by atomic mass is 16.2. The van der Waals surface area contributed by atoms with Crippen LogP contribution in [-0.4, -0.2) is 43.3 Å². The van der Waals surface area contributed by atoms with E-state index in [4.69, 9.17) is 0 Å². The molecule has 1 fully saturated rings. The molecule has 1 amide bonds. The molecule has 0 atom stereocenters. The molecule has 1 N–H and O–H groups in total. The van der Waals surface area contributed by atoms with E-state index in [9.17, 15) is 9.59 Å². The fourth-order valence-corrected chi connectivity index (χ4v) is 2.32. The van der Waals surface area contributed by atoms with Gasteiger partial charge in [-0.05, 0) is 37.9 Å². The second-order valence-corrected chi connectivity index (χ2v) is 4.46. The molecule has 2 heterocycles. The number of amides is 1. The number of carbonyl (C=O) groups excluding carboxylic acids is 2. The van der Waals surface area contributed by atoms with Crippen LogP contribution in [-0.2, 0) is 9.59 Å². The Balaban J connectivity index is 0.000000829. The van der Waals surface area contributed by atoms with Gasteiger partial charge in [-0.1, -0.05) is 33.8 Å². The lowest BCUT2D eigenvalue weighted by atomic mass is 9.95. The molecule has 0 aromatic rings. The number of piperidine rings is 1. The Labute approximate surface area is 123 Å². The van der Waals surface area contributed by atoms with Gasteiger partial charge in [-0.25, -0.2) is 0 Å². The van der Waals surface area contributed by atoms with Crippen molar-refractivity contribution in [3.05, 3.63) is 11.6 Å². The summed E-state index contributed by atoms with van der Waals surface area (Å²) >= 11 is 0. The normalized spacial score (nSPS) is 18.8. The first-order valence-corrected chi connectivity index (χ1v) is 7.95. The summed E-state index contributed by atoms with van der Waals surface area (Å²) in [6.07, 6.45) is 5.36. The molecule has 4 nitrogen and oxygen atoms in total. The summed E-state index contributed by atoms with van der Waals surface area (Å²) < 4.78 is 0. The predicted molar refractivity (Wildman–Crippen MR) is 83.6 cm³/mol. The van der Waals surface area contributed by atoms with Crippen LogP contribution in [0.2, 0.25) is 0 Å². The third-order valence-electron chi connectivity index (χ3n) is 3.40. The van der Waals surface area contributed by atoms with E-state index in [0.29, 0.717) is 19.5 Å². The van der Waals surface area contributed by atoms with Gasteiger partial charge >= 0.3 is 0 Å². The van der Waals surface area contributed by atoms with E-state index < -0.39 is 0 Å². The molecule has 0 aromatic carbocycles. The standard InChI is InChI=1S/C12H18N2O2.2C2H6/c15-9-10-3-7-14(8-4-10)12(16)11-1-5-13-6-2-11;2*1-2/h3,9,11,13H,1-2,4-8H2;2*1-2H3. The first kappa shape index (κ1) is 18.8. The first-order valence-electron chi connectivity index (χ1n) is 7.95. The minimum absolute atomic E-state index is 0.187. The lowest BCUT2D eigenvalue weighted by molar-refractivity contribution is -0.136. The van der Waals surface area contributed by atoms with Crippen LogP contribution in [0.15, 0.2) is 11.6 Å². The fraction of sp³-hybridized carbons (Fsp3) is 0.750. The Morgan fingerprint density at radius 2 is 1.85 bits per heavy atom. The molecule has 116 valence electrons. The summed E-state index contributed by atoms with van der Waals surface area (Å²) in [6.45, 7) is 11.2. The van der Waals surface area contributed by atoms with E-state index in [1.54, 1.807) is 0 Å². The van der Waals surface area contributed by atoms with Gasteiger partial charge in [0, 0.05) is 19.0 Å². The Morgan fingerprint density at radius 3 is 2.30 bits per heavy atom. The number of hydrogen-bond acceptors (Lipinski definition) is 3. The van der Waals surface area contributed by atoms with Gasteiger partial charge in [-0.2, -0.15) is 0 Å². The average Bonchev–Trinajstić information content (AvgIpc) is 2.59. The average molecular weight is 282 g/mol. The molecular weight excluding hydrogens is 252 g/mol. The van der Waals surface area contributed by atoms with Crippen LogP contribution < -0.4 is 5.32 Å². The maximum Gasteiger partial charge on any atom is 0.226 e. The Bertz CT molecular complexity index is 308. The van der Waals surface area contributed by atoms with Crippen molar-refractivity contribution in [2.75, 3.05) is 26.2 Å². The summed E-state index contributed by atoms with van der Waals surface area (Å²) in [5.41, 5.74) is 0.828. The van der Waals surface area contributed by atoms with Gasteiger partial charge in [0.2, 0.25) is 5.91 Å². The van der Waals surface area contributed by atoms with Crippen molar-refractivity contribution < 1.29 is 9.59 Å². The molecule has 2 aliphatic rings. The van der Waals surface area contributed by atoms with Crippen molar-refractivity contribution >= 4 is 12.2 Å². The SMILES string of the molecule is CC.CC.O=CC1=CCN(C(=O)C2CCNCC2)CC1. The van der Waals surface area contributed by atoms with E-state index in [1.165, 1.54) is 0 Å². The van der Waals surface area contributed by atoms with Crippen LogP contribution in [0.1, 0.15) is 47.0 Å². The fourth-order valence-electron chi connectivity index (χ4n) is 2.32. The van der Waals surface area contributed by atoms with E-state index in [2.05, 4.69) is 5.32 Å². The quantitative estimate of drug-likeness (QED) is 0.791. The molecule has 0 unspecified atom stereocenters.